The molecular formula is C19H18ClNO4S. The Kier molecular flexibility index (Phi) is 5.34. The molecule has 0 aromatic heterocycles. The highest BCUT2D eigenvalue weighted by atomic mass is 35.5. The van der Waals surface area contributed by atoms with Gasteiger partial charge < -0.3 is 9.64 Å². The number of rotatable bonds is 5. The molecule has 3 rings (SSSR count). The molecule has 2 aromatic carbocycles. The predicted octanol–water partition coefficient (Wildman–Crippen LogP) is 3.24. The minimum Gasteiger partial charge on any atom is -0.497 e. The van der Waals surface area contributed by atoms with Crippen molar-refractivity contribution in [2.24, 2.45) is 0 Å². The summed E-state index contributed by atoms with van der Waals surface area (Å²) >= 11 is 6.06. The van der Waals surface area contributed by atoms with Gasteiger partial charge in [-0.15, -0.1) is 0 Å². The van der Waals surface area contributed by atoms with Crippen LogP contribution in [0.2, 0.25) is 5.02 Å². The summed E-state index contributed by atoms with van der Waals surface area (Å²) < 4.78 is 28.8. The molecular weight excluding hydrogens is 374 g/mol. The van der Waals surface area contributed by atoms with E-state index in [2.05, 4.69) is 0 Å². The van der Waals surface area contributed by atoms with Crippen LogP contribution in [0.25, 0.3) is 0 Å². The van der Waals surface area contributed by atoms with Crippen molar-refractivity contribution in [1.29, 1.82) is 0 Å². The molecule has 26 heavy (non-hydrogen) atoms. The molecule has 0 aliphatic carbocycles. The maximum absolute atomic E-state index is 13.0. The van der Waals surface area contributed by atoms with Gasteiger partial charge in [0, 0.05) is 16.1 Å². The Bertz CT molecular complexity index is 938. The first-order valence-corrected chi connectivity index (χ1v) is 10.1. The number of methoxy groups -OCH3 is 1. The van der Waals surface area contributed by atoms with Crippen LogP contribution in [0.15, 0.2) is 60.0 Å². The van der Waals surface area contributed by atoms with Crippen LogP contribution in [0.3, 0.4) is 0 Å². The van der Waals surface area contributed by atoms with Gasteiger partial charge in [0.25, 0.3) is 0 Å². The molecule has 2 aromatic rings. The Morgan fingerprint density at radius 1 is 1.23 bits per heavy atom. The van der Waals surface area contributed by atoms with Crippen molar-refractivity contribution in [2.75, 3.05) is 17.8 Å². The molecule has 1 aliphatic heterocycles. The van der Waals surface area contributed by atoms with E-state index < -0.39 is 15.9 Å². The highest BCUT2D eigenvalue weighted by Crippen LogP contribution is 2.26. The monoisotopic (exact) mass is 391 g/mol. The zero-order chi connectivity index (χ0) is 18.7. The second-order valence-electron chi connectivity index (χ2n) is 5.99. The van der Waals surface area contributed by atoms with Crippen LogP contribution in [-0.2, 0) is 21.1 Å². The fraction of sp³-hybridized carbons (Fsp3) is 0.211. The minimum atomic E-state index is -3.30. The molecule has 7 heteroatoms. The molecule has 0 bridgehead atoms. The van der Waals surface area contributed by atoms with Crippen molar-refractivity contribution in [3.05, 3.63) is 70.6 Å². The van der Waals surface area contributed by atoms with E-state index in [0.717, 1.165) is 11.0 Å². The van der Waals surface area contributed by atoms with Crippen LogP contribution in [0.4, 0.5) is 5.69 Å². The Morgan fingerprint density at radius 2 is 1.96 bits per heavy atom. The summed E-state index contributed by atoms with van der Waals surface area (Å²) in [4.78, 5) is 14.5. The maximum atomic E-state index is 13.0. The van der Waals surface area contributed by atoms with Gasteiger partial charge in [-0.1, -0.05) is 29.8 Å². The average Bonchev–Trinajstić information content (AvgIpc) is 2.95. The Hall–Kier alpha value is -2.31. The van der Waals surface area contributed by atoms with Gasteiger partial charge in [-0.05, 0) is 42.0 Å². The lowest BCUT2D eigenvalue weighted by Gasteiger charge is -2.28. The molecule has 0 saturated carbocycles. The topological polar surface area (TPSA) is 63.7 Å². The lowest BCUT2D eigenvalue weighted by molar-refractivity contribution is -0.118. The second kappa shape index (κ2) is 7.51. The Labute approximate surface area is 157 Å². The number of anilines is 1. The van der Waals surface area contributed by atoms with Crippen LogP contribution in [0.1, 0.15) is 5.56 Å². The number of carbonyl (C=O) groups is 1. The first kappa shape index (κ1) is 18.5. The van der Waals surface area contributed by atoms with Gasteiger partial charge in [0.05, 0.1) is 25.3 Å². The van der Waals surface area contributed by atoms with Crippen LogP contribution in [0.5, 0.6) is 5.75 Å². The van der Waals surface area contributed by atoms with Crippen LogP contribution < -0.4 is 9.64 Å². The predicted molar refractivity (Wildman–Crippen MR) is 102 cm³/mol. The van der Waals surface area contributed by atoms with Crippen molar-refractivity contribution in [3.63, 3.8) is 0 Å². The zero-order valence-electron chi connectivity index (χ0n) is 14.1. The summed E-state index contributed by atoms with van der Waals surface area (Å²) in [5.74, 6) is 0.371. The number of sulfone groups is 1. The van der Waals surface area contributed by atoms with Gasteiger partial charge in [0.15, 0.2) is 9.84 Å². The van der Waals surface area contributed by atoms with Crippen molar-refractivity contribution < 1.29 is 17.9 Å². The lowest BCUT2D eigenvalue weighted by Crippen LogP contribution is -2.42. The van der Waals surface area contributed by atoms with Crippen LogP contribution in [-0.4, -0.2) is 33.2 Å². The Morgan fingerprint density at radius 3 is 2.54 bits per heavy atom. The van der Waals surface area contributed by atoms with Crippen molar-refractivity contribution in [3.8, 4) is 5.75 Å². The molecule has 1 aliphatic rings. The third-order valence-corrected chi connectivity index (χ3v) is 5.73. The van der Waals surface area contributed by atoms with Crippen LogP contribution in [0, 0.1) is 0 Å². The lowest BCUT2D eigenvalue weighted by atomic mass is 10.1. The van der Waals surface area contributed by atoms with E-state index in [1.54, 1.807) is 49.6 Å². The molecule has 0 N–H and O–H groups in total. The number of benzene rings is 2. The van der Waals surface area contributed by atoms with E-state index in [1.165, 1.54) is 4.90 Å². The standard InChI is InChI=1S/C19H18ClNO4S/c1-25-18-7-5-14(6-8-18)11-19(22)21(16-4-2-3-15(20)12-16)17-9-10-26(23,24)13-17/h2-10,12,17H,11,13H2,1H3. The highest BCUT2D eigenvalue weighted by molar-refractivity contribution is 7.94. The normalized spacial score (nSPS) is 17.8. The third kappa shape index (κ3) is 4.26. The molecule has 1 unspecified atom stereocenters. The van der Waals surface area contributed by atoms with E-state index in [9.17, 15) is 13.2 Å². The van der Waals surface area contributed by atoms with Gasteiger partial charge in [-0.2, -0.15) is 0 Å². The minimum absolute atomic E-state index is 0.131. The van der Waals surface area contributed by atoms with Gasteiger partial charge in [0.1, 0.15) is 5.75 Å². The molecule has 136 valence electrons. The molecule has 0 fully saturated rings. The molecule has 1 amide bonds. The van der Waals surface area contributed by atoms with Gasteiger partial charge in [0.2, 0.25) is 5.91 Å². The van der Waals surface area contributed by atoms with Crippen LogP contribution >= 0.6 is 11.6 Å². The average molecular weight is 392 g/mol. The summed E-state index contributed by atoms with van der Waals surface area (Å²) in [6.07, 6.45) is 1.68. The number of hydrogen-bond donors (Lipinski definition) is 0. The molecule has 1 atom stereocenters. The quantitative estimate of drug-likeness (QED) is 0.784. The Balaban J connectivity index is 1.89. The summed E-state index contributed by atoms with van der Waals surface area (Å²) in [5.41, 5.74) is 1.38. The number of hydrogen-bond acceptors (Lipinski definition) is 4. The number of ether oxygens (including phenoxy) is 1. The second-order valence-corrected chi connectivity index (χ2v) is 8.36. The fourth-order valence-corrected chi connectivity index (χ4v) is 4.32. The number of halogens is 1. The molecule has 0 radical (unpaired) electrons. The maximum Gasteiger partial charge on any atom is 0.231 e. The van der Waals surface area contributed by atoms with E-state index in [-0.39, 0.29) is 18.1 Å². The SMILES string of the molecule is COc1ccc(CC(=O)N(c2cccc(Cl)c2)C2C=CS(=O)(=O)C2)cc1. The molecule has 0 spiro atoms. The first-order chi connectivity index (χ1) is 12.4. The van der Waals surface area contributed by atoms with E-state index in [1.807, 2.05) is 12.1 Å². The number of nitrogens with zero attached hydrogens (tertiary/aromatic N) is 1. The van der Waals surface area contributed by atoms with E-state index in [4.69, 9.17) is 16.3 Å². The summed E-state index contributed by atoms with van der Waals surface area (Å²) in [5, 5.41) is 1.64. The summed E-state index contributed by atoms with van der Waals surface area (Å²) in [6, 6.07) is 13.5. The molecule has 5 nitrogen and oxygen atoms in total. The fourth-order valence-electron chi connectivity index (χ4n) is 2.87. The van der Waals surface area contributed by atoms with Gasteiger partial charge in [-0.25, -0.2) is 8.42 Å². The summed E-state index contributed by atoms with van der Waals surface area (Å²) in [6.45, 7) is 0. The van der Waals surface area contributed by atoms with Gasteiger partial charge in [-0.3, -0.25) is 4.79 Å². The van der Waals surface area contributed by atoms with Crippen molar-refractivity contribution in [2.45, 2.75) is 12.5 Å². The molecule has 0 saturated heterocycles. The van der Waals surface area contributed by atoms with Crippen molar-refractivity contribution in [1.82, 2.24) is 0 Å². The third-order valence-electron chi connectivity index (χ3n) is 4.11. The largest absolute Gasteiger partial charge is 0.497 e. The summed E-state index contributed by atoms with van der Waals surface area (Å²) in [7, 11) is -1.72. The number of carbonyl (C=O) groups excluding carboxylic acids is 1. The smallest absolute Gasteiger partial charge is 0.231 e. The van der Waals surface area contributed by atoms with E-state index >= 15 is 0 Å². The number of amides is 1. The van der Waals surface area contributed by atoms with Crippen molar-refractivity contribution >= 4 is 33.0 Å². The zero-order valence-corrected chi connectivity index (χ0v) is 15.7. The highest BCUT2D eigenvalue weighted by Gasteiger charge is 2.31. The molecule has 1 heterocycles. The van der Waals surface area contributed by atoms with Gasteiger partial charge >= 0.3 is 0 Å². The first-order valence-electron chi connectivity index (χ1n) is 7.99. The van der Waals surface area contributed by atoms with E-state index in [0.29, 0.717) is 16.5 Å².